The Hall–Kier alpha value is -2.68. The Balaban J connectivity index is 1.54. The summed E-state index contributed by atoms with van der Waals surface area (Å²) in [6, 6.07) is 5.62. The van der Waals surface area contributed by atoms with E-state index in [1.54, 1.807) is 30.7 Å². The SMILES string of the molecule is COc1cc(CCC(=O)N2CCCC(C(=O)Nc3nncs3)C2)cc(OC)c1. The second kappa shape index (κ2) is 9.50. The standard InChI is InChI=1S/C19H24N4O4S/c1-26-15-8-13(9-16(10-15)27-2)5-6-17(24)23-7-3-4-14(11-23)18(25)21-19-22-20-12-28-19/h8-10,12,14H,3-7,11H2,1-2H3,(H,21,22,25). The summed E-state index contributed by atoms with van der Waals surface area (Å²) in [5.41, 5.74) is 2.55. The summed E-state index contributed by atoms with van der Waals surface area (Å²) in [4.78, 5) is 26.9. The maximum absolute atomic E-state index is 12.7. The highest BCUT2D eigenvalue weighted by Gasteiger charge is 2.28. The largest absolute Gasteiger partial charge is 0.497 e. The first kappa shape index (κ1) is 20.1. The lowest BCUT2D eigenvalue weighted by Crippen LogP contribution is -2.43. The van der Waals surface area contributed by atoms with Crippen molar-refractivity contribution in [3.05, 3.63) is 29.3 Å². The molecule has 1 aromatic heterocycles. The van der Waals surface area contributed by atoms with Gasteiger partial charge in [-0.3, -0.25) is 9.59 Å². The van der Waals surface area contributed by atoms with E-state index in [1.807, 2.05) is 12.1 Å². The number of piperidine rings is 1. The van der Waals surface area contributed by atoms with Gasteiger partial charge in [0.05, 0.1) is 20.1 Å². The third kappa shape index (κ3) is 5.19. The minimum atomic E-state index is -0.224. The smallest absolute Gasteiger partial charge is 0.231 e. The number of ether oxygens (including phenoxy) is 2. The van der Waals surface area contributed by atoms with E-state index in [9.17, 15) is 9.59 Å². The second-order valence-electron chi connectivity index (χ2n) is 6.63. The van der Waals surface area contributed by atoms with Gasteiger partial charge >= 0.3 is 0 Å². The number of aromatic nitrogens is 2. The van der Waals surface area contributed by atoms with E-state index in [2.05, 4.69) is 15.5 Å². The first-order valence-electron chi connectivity index (χ1n) is 9.16. The van der Waals surface area contributed by atoms with Crippen LogP contribution in [0.3, 0.4) is 0 Å². The molecule has 1 atom stereocenters. The number of amides is 2. The topological polar surface area (TPSA) is 93.7 Å². The van der Waals surface area contributed by atoms with Gasteiger partial charge in [0.2, 0.25) is 16.9 Å². The van der Waals surface area contributed by atoms with Gasteiger partial charge in [0, 0.05) is 25.6 Å². The Morgan fingerprint density at radius 3 is 2.64 bits per heavy atom. The van der Waals surface area contributed by atoms with Crippen LogP contribution in [-0.4, -0.2) is 54.2 Å². The molecule has 1 fully saturated rings. The van der Waals surface area contributed by atoms with Crippen LogP contribution < -0.4 is 14.8 Å². The maximum Gasteiger partial charge on any atom is 0.231 e. The molecule has 1 aromatic carbocycles. The molecule has 0 radical (unpaired) electrons. The van der Waals surface area contributed by atoms with Crippen molar-refractivity contribution < 1.29 is 19.1 Å². The number of rotatable bonds is 7. The lowest BCUT2D eigenvalue weighted by Gasteiger charge is -2.32. The summed E-state index contributed by atoms with van der Waals surface area (Å²) in [6.07, 6.45) is 2.54. The van der Waals surface area contributed by atoms with Crippen molar-refractivity contribution in [2.75, 3.05) is 32.6 Å². The Bertz CT molecular complexity index is 790. The van der Waals surface area contributed by atoms with Gasteiger partial charge in [-0.2, -0.15) is 0 Å². The molecule has 1 N–H and O–H groups in total. The number of methoxy groups -OCH3 is 2. The Kier molecular flexibility index (Phi) is 6.80. The van der Waals surface area contributed by atoms with Crippen LogP contribution in [0.1, 0.15) is 24.8 Å². The van der Waals surface area contributed by atoms with Gasteiger partial charge in [-0.05, 0) is 37.0 Å². The van der Waals surface area contributed by atoms with Crippen molar-refractivity contribution in [3.8, 4) is 11.5 Å². The number of likely N-dealkylation sites (tertiary alicyclic amines) is 1. The minimum absolute atomic E-state index is 0.0511. The second-order valence-corrected chi connectivity index (χ2v) is 7.47. The predicted octanol–water partition coefficient (Wildman–Crippen LogP) is 2.37. The zero-order valence-corrected chi connectivity index (χ0v) is 16.8. The van der Waals surface area contributed by atoms with Crippen LogP contribution >= 0.6 is 11.3 Å². The fourth-order valence-electron chi connectivity index (χ4n) is 3.27. The van der Waals surface area contributed by atoms with Crippen LogP contribution in [0.15, 0.2) is 23.7 Å². The predicted molar refractivity (Wildman–Crippen MR) is 106 cm³/mol. The molecule has 1 unspecified atom stereocenters. The molecule has 8 nitrogen and oxygen atoms in total. The normalized spacial score (nSPS) is 16.5. The fraction of sp³-hybridized carbons (Fsp3) is 0.474. The number of carbonyl (C=O) groups excluding carboxylic acids is 2. The average Bonchev–Trinajstić information content (AvgIpc) is 3.24. The number of carbonyl (C=O) groups is 2. The van der Waals surface area contributed by atoms with Crippen molar-refractivity contribution in [1.82, 2.24) is 15.1 Å². The highest BCUT2D eigenvalue weighted by atomic mass is 32.1. The number of hydrogen-bond acceptors (Lipinski definition) is 7. The van der Waals surface area contributed by atoms with Crippen LogP contribution in [0.2, 0.25) is 0 Å². The summed E-state index contributed by atoms with van der Waals surface area (Å²) in [6.45, 7) is 1.12. The van der Waals surface area contributed by atoms with E-state index in [-0.39, 0.29) is 17.7 Å². The molecule has 0 saturated carbocycles. The van der Waals surface area contributed by atoms with Crippen LogP contribution in [0, 0.1) is 5.92 Å². The molecule has 150 valence electrons. The first-order chi connectivity index (χ1) is 13.6. The molecule has 1 aliphatic rings. The number of nitrogens with one attached hydrogen (secondary N) is 1. The van der Waals surface area contributed by atoms with Crippen molar-refractivity contribution in [2.24, 2.45) is 5.92 Å². The molecule has 2 aromatic rings. The molecule has 0 spiro atoms. The molecule has 1 saturated heterocycles. The molecular formula is C19H24N4O4S. The van der Waals surface area contributed by atoms with E-state index in [0.29, 0.717) is 42.6 Å². The zero-order valence-electron chi connectivity index (χ0n) is 16.0. The molecule has 9 heteroatoms. The van der Waals surface area contributed by atoms with Gasteiger partial charge in [-0.25, -0.2) is 0 Å². The summed E-state index contributed by atoms with van der Waals surface area (Å²) in [5, 5.41) is 10.8. The van der Waals surface area contributed by atoms with E-state index in [4.69, 9.17) is 9.47 Å². The van der Waals surface area contributed by atoms with Crippen LogP contribution in [-0.2, 0) is 16.0 Å². The van der Waals surface area contributed by atoms with Crippen LogP contribution in [0.4, 0.5) is 5.13 Å². The monoisotopic (exact) mass is 404 g/mol. The van der Waals surface area contributed by atoms with Gasteiger partial charge in [0.25, 0.3) is 0 Å². The summed E-state index contributed by atoms with van der Waals surface area (Å²) >= 11 is 1.28. The highest BCUT2D eigenvalue weighted by Crippen LogP contribution is 2.24. The number of hydrogen-bond donors (Lipinski definition) is 1. The van der Waals surface area contributed by atoms with Gasteiger partial charge < -0.3 is 19.7 Å². The molecular weight excluding hydrogens is 380 g/mol. The Labute approximate surface area is 167 Å². The number of aryl methyl sites for hydroxylation is 1. The van der Waals surface area contributed by atoms with Crippen molar-refractivity contribution in [1.29, 1.82) is 0 Å². The first-order valence-corrected chi connectivity index (χ1v) is 10.0. The summed E-state index contributed by atoms with van der Waals surface area (Å²) in [7, 11) is 3.20. The lowest BCUT2D eigenvalue weighted by atomic mass is 9.96. The average molecular weight is 404 g/mol. The molecule has 2 heterocycles. The molecule has 2 amide bonds. The molecule has 0 aliphatic carbocycles. The van der Waals surface area contributed by atoms with E-state index >= 15 is 0 Å². The zero-order chi connectivity index (χ0) is 19.9. The van der Waals surface area contributed by atoms with Crippen LogP contribution in [0.5, 0.6) is 11.5 Å². The van der Waals surface area contributed by atoms with E-state index in [1.165, 1.54) is 11.3 Å². The summed E-state index contributed by atoms with van der Waals surface area (Å²) in [5.74, 6) is 1.13. The van der Waals surface area contributed by atoms with Crippen LogP contribution in [0.25, 0.3) is 0 Å². The minimum Gasteiger partial charge on any atom is -0.497 e. The maximum atomic E-state index is 12.7. The van der Waals surface area contributed by atoms with Gasteiger partial charge in [0.1, 0.15) is 17.0 Å². The quantitative estimate of drug-likeness (QED) is 0.761. The summed E-state index contributed by atoms with van der Waals surface area (Å²) < 4.78 is 10.6. The van der Waals surface area contributed by atoms with Crippen molar-refractivity contribution in [3.63, 3.8) is 0 Å². The van der Waals surface area contributed by atoms with E-state index < -0.39 is 0 Å². The van der Waals surface area contributed by atoms with Gasteiger partial charge in [-0.15, -0.1) is 10.2 Å². The van der Waals surface area contributed by atoms with Crippen molar-refractivity contribution >= 4 is 28.3 Å². The number of anilines is 1. The Morgan fingerprint density at radius 1 is 1.25 bits per heavy atom. The fourth-order valence-corrected chi connectivity index (χ4v) is 3.72. The van der Waals surface area contributed by atoms with Gasteiger partial charge in [-0.1, -0.05) is 11.3 Å². The highest BCUT2D eigenvalue weighted by molar-refractivity contribution is 7.13. The van der Waals surface area contributed by atoms with Crippen molar-refractivity contribution in [2.45, 2.75) is 25.7 Å². The third-order valence-corrected chi connectivity index (χ3v) is 5.38. The molecule has 0 bridgehead atoms. The van der Waals surface area contributed by atoms with E-state index in [0.717, 1.165) is 18.4 Å². The third-order valence-electron chi connectivity index (χ3n) is 4.77. The molecule has 28 heavy (non-hydrogen) atoms. The number of benzene rings is 1. The molecule has 1 aliphatic heterocycles. The number of nitrogens with zero attached hydrogens (tertiary/aromatic N) is 3. The lowest BCUT2D eigenvalue weighted by molar-refractivity contribution is -0.134. The van der Waals surface area contributed by atoms with Gasteiger partial charge in [0.15, 0.2) is 0 Å². The molecule has 3 rings (SSSR count). The Morgan fingerprint density at radius 2 is 2.00 bits per heavy atom.